The lowest BCUT2D eigenvalue weighted by molar-refractivity contribution is 0.473. The predicted octanol–water partition coefficient (Wildman–Crippen LogP) is 1.68. The number of hydrogen-bond acceptors (Lipinski definition) is 1. The molecule has 0 spiro atoms. The largest absolute Gasteiger partial charge is 0.507 e. The van der Waals surface area contributed by atoms with Crippen molar-refractivity contribution in [2.75, 3.05) is 0 Å². The molecule has 10 heavy (non-hydrogen) atoms. The first-order valence-corrected chi connectivity index (χ1v) is 3.59. The molecule has 2 rings (SSSR count). The molecule has 1 nitrogen and oxygen atoms in total. The fourth-order valence-corrected chi connectivity index (χ4v) is 1.49. The first kappa shape index (κ1) is 5.78. The molecule has 1 aromatic rings. The van der Waals surface area contributed by atoms with Crippen LogP contribution in [-0.2, 0) is 12.8 Å². The summed E-state index contributed by atoms with van der Waals surface area (Å²) in [5, 5.41) is 9.04. The van der Waals surface area contributed by atoms with Crippen LogP contribution >= 0.6 is 0 Å². The molecule has 0 unspecified atom stereocenters. The Morgan fingerprint density at radius 3 is 3.00 bits per heavy atom. The number of rotatable bonds is 0. The predicted molar refractivity (Wildman–Crippen MR) is 39.0 cm³/mol. The number of benzene rings is 1. The molecule has 0 aliphatic heterocycles. The maximum atomic E-state index is 9.04. The summed E-state index contributed by atoms with van der Waals surface area (Å²) in [6, 6.07) is 6.51. The highest BCUT2D eigenvalue weighted by molar-refractivity contribution is 5.36. The SMILES string of the molecule is Oc1[c]cc2c(c1)CCC2. The topological polar surface area (TPSA) is 20.2 Å². The van der Waals surface area contributed by atoms with Gasteiger partial charge in [-0.3, -0.25) is 0 Å². The van der Waals surface area contributed by atoms with Crippen molar-refractivity contribution < 1.29 is 5.11 Å². The molecule has 0 atom stereocenters. The van der Waals surface area contributed by atoms with Gasteiger partial charge in [-0.05, 0) is 42.5 Å². The van der Waals surface area contributed by atoms with Crippen LogP contribution in [0.3, 0.4) is 0 Å². The van der Waals surface area contributed by atoms with E-state index in [1.807, 2.05) is 12.1 Å². The van der Waals surface area contributed by atoms with Gasteiger partial charge in [-0.25, -0.2) is 0 Å². The van der Waals surface area contributed by atoms with Crippen LogP contribution in [-0.4, -0.2) is 5.11 Å². The molecule has 51 valence electrons. The maximum absolute atomic E-state index is 9.04. The van der Waals surface area contributed by atoms with Crippen molar-refractivity contribution in [3.63, 3.8) is 0 Å². The number of aromatic hydroxyl groups is 1. The highest BCUT2D eigenvalue weighted by Crippen LogP contribution is 2.24. The van der Waals surface area contributed by atoms with E-state index < -0.39 is 0 Å². The molecule has 0 bridgehead atoms. The van der Waals surface area contributed by atoms with Gasteiger partial charge in [0.05, 0.1) is 0 Å². The monoisotopic (exact) mass is 133 g/mol. The van der Waals surface area contributed by atoms with Crippen molar-refractivity contribution in [1.29, 1.82) is 0 Å². The minimum Gasteiger partial charge on any atom is -0.507 e. The second kappa shape index (κ2) is 2.01. The molecule has 1 radical (unpaired) electrons. The van der Waals surface area contributed by atoms with Gasteiger partial charge >= 0.3 is 0 Å². The molecular weight excluding hydrogens is 124 g/mol. The van der Waals surface area contributed by atoms with Crippen LogP contribution in [0.1, 0.15) is 17.5 Å². The van der Waals surface area contributed by atoms with E-state index in [0.29, 0.717) is 0 Å². The third kappa shape index (κ3) is 0.783. The van der Waals surface area contributed by atoms with Gasteiger partial charge in [0.15, 0.2) is 0 Å². The summed E-state index contributed by atoms with van der Waals surface area (Å²) in [6.45, 7) is 0. The first-order valence-electron chi connectivity index (χ1n) is 3.59. The Balaban J connectivity index is 2.52. The van der Waals surface area contributed by atoms with Crippen molar-refractivity contribution in [2.45, 2.75) is 19.3 Å². The van der Waals surface area contributed by atoms with Gasteiger partial charge in [0.25, 0.3) is 0 Å². The zero-order valence-electron chi connectivity index (χ0n) is 5.72. The molecule has 0 fully saturated rings. The zero-order chi connectivity index (χ0) is 6.97. The van der Waals surface area contributed by atoms with Crippen molar-refractivity contribution >= 4 is 0 Å². The first-order chi connectivity index (χ1) is 4.86. The molecule has 0 heterocycles. The Kier molecular flexibility index (Phi) is 1.16. The van der Waals surface area contributed by atoms with E-state index >= 15 is 0 Å². The van der Waals surface area contributed by atoms with Gasteiger partial charge in [-0.2, -0.15) is 0 Å². The lowest BCUT2D eigenvalue weighted by Gasteiger charge is -1.96. The molecule has 1 N–H and O–H groups in total. The minimum absolute atomic E-state index is 0.278. The van der Waals surface area contributed by atoms with Crippen molar-refractivity contribution in [1.82, 2.24) is 0 Å². The smallest absolute Gasteiger partial charge is 0.123 e. The van der Waals surface area contributed by atoms with Crippen LogP contribution in [0.4, 0.5) is 0 Å². The lowest BCUT2D eigenvalue weighted by atomic mass is 10.1. The molecule has 0 saturated heterocycles. The molecule has 1 aromatic carbocycles. The van der Waals surface area contributed by atoms with Gasteiger partial charge in [0.1, 0.15) is 5.75 Å². The van der Waals surface area contributed by atoms with Crippen LogP contribution < -0.4 is 0 Å². The number of phenolic OH excluding ortho intramolecular Hbond substituents is 1. The summed E-state index contributed by atoms with van der Waals surface area (Å²) in [5.41, 5.74) is 2.66. The van der Waals surface area contributed by atoms with E-state index in [0.717, 1.165) is 12.8 Å². The van der Waals surface area contributed by atoms with Crippen LogP contribution in [0, 0.1) is 6.07 Å². The standard InChI is InChI=1S/C9H9O/c10-9-5-4-7-2-1-3-8(7)6-9/h4,6,10H,1-3H2. The van der Waals surface area contributed by atoms with Gasteiger partial charge in [-0.15, -0.1) is 0 Å². The van der Waals surface area contributed by atoms with Crippen molar-refractivity contribution in [2.24, 2.45) is 0 Å². The summed E-state index contributed by atoms with van der Waals surface area (Å²) in [5.74, 6) is 0.278. The molecule has 1 aliphatic rings. The van der Waals surface area contributed by atoms with E-state index in [1.165, 1.54) is 17.5 Å². The van der Waals surface area contributed by atoms with E-state index in [1.54, 1.807) is 0 Å². The summed E-state index contributed by atoms with van der Waals surface area (Å²) < 4.78 is 0. The molecule has 0 saturated carbocycles. The molecule has 1 aliphatic carbocycles. The van der Waals surface area contributed by atoms with E-state index in [2.05, 4.69) is 6.07 Å². The second-order valence-electron chi connectivity index (χ2n) is 2.72. The average molecular weight is 133 g/mol. The van der Waals surface area contributed by atoms with Crippen molar-refractivity contribution in [3.8, 4) is 5.75 Å². The van der Waals surface area contributed by atoms with Crippen LogP contribution in [0.2, 0.25) is 0 Å². The maximum Gasteiger partial charge on any atom is 0.123 e. The summed E-state index contributed by atoms with van der Waals surface area (Å²) >= 11 is 0. The number of fused-ring (bicyclic) bond motifs is 1. The summed E-state index contributed by atoms with van der Waals surface area (Å²) in [7, 11) is 0. The van der Waals surface area contributed by atoms with Crippen LogP contribution in [0.25, 0.3) is 0 Å². The highest BCUT2D eigenvalue weighted by Gasteiger charge is 2.09. The second-order valence-corrected chi connectivity index (χ2v) is 2.72. The van der Waals surface area contributed by atoms with E-state index in [-0.39, 0.29) is 5.75 Å². The molecule has 0 amide bonds. The lowest BCUT2D eigenvalue weighted by Crippen LogP contribution is -1.79. The third-order valence-corrected chi connectivity index (χ3v) is 2.01. The normalized spacial score (nSPS) is 15.2. The Morgan fingerprint density at radius 1 is 1.30 bits per heavy atom. The van der Waals surface area contributed by atoms with Gasteiger partial charge in [0, 0.05) is 6.07 Å². The molecule has 0 aromatic heterocycles. The minimum atomic E-state index is 0.278. The van der Waals surface area contributed by atoms with Gasteiger partial charge in [-0.1, -0.05) is 0 Å². The van der Waals surface area contributed by atoms with E-state index in [9.17, 15) is 0 Å². The van der Waals surface area contributed by atoms with Crippen LogP contribution in [0.5, 0.6) is 5.75 Å². The highest BCUT2D eigenvalue weighted by atomic mass is 16.3. The Morgan fingerprint density at radius 2 is 2.10 bits per heavy atom. The summed E-state index contributed by atoms with van der Waals surface area (Å²) in [6.07, 6.45) is 3.51. The van der Waals surface area contributed by atoms with Crippen molar-refractivity contribution in [3.05, 3.63) is 29.3 Å². The fourth-order valence-electron chi connectivity index (χ4n) is 1.49. The Hall–Kier alpha value is -0.980. The third-order valence-electron chi connectivity index (χ3n) is 2.01. The van der Waals surface area contributed by atoms with Gasteiger partial charge in [0.2, 0.25) is 0 Å². The number of phenols is 1. The molecular formula is C9H9O. The zero-order valence-corrected chi connectivity index (χ0v) is 5.72. The fraction of sp³-hybridized carbons (Fsp3) is 0.333. The average Bonchev–Trinajstić information content (AvgIpc) is 2.33. The summed E-state index contributed by atoms with van der Waals surface area (Å²) in [4.78, 5) is 0. The van der Waals surface area contributed by atoms with Gasteiger partial charge < -0.3 is 5.11 Å². The quantitative estimate of drug-likeness (QED) is 0.571. The number of hydrogen-bond donors (Lipinski definition) is 1. The Labute approximate surface area is 60.3 Å². The number of aryl methyl sites for hydroxylation is 2. The Bertz CT molecular complexity index is 253. The van der Waals surface area contributed by atoms with E-state index in [4.69, 9.17) is 5.11 Å². The molecule has 1 heteroatoms. The van der Waals surface area contributed by atoms with Crippen LogP contribution in [0.15, 0.2) is 12.1 Å².